The van der Waals surface area contributed by atoms with Gasteiger partial charge >= 0.3 is 0 Å². The normalized spacial score (nSPS) is 11.0. The van der Waals surface area contributed by atoms with Gasteiger partial charge in [0.2, 0.25) is 0 Å². The van der Waals surface area contributed by atoms with Crippen LogP contribution in [-0.2, 0) is 10.0 Å². The van der Waals surface area contributed by atoms with Crippen LogP contribution >= 0.6 is 0 Å². The number of hydrogen-bond donors (Lipinski definition) is 2. The zero-order valence-electron chi connectivity index (χ0n) is 14.9. The number of hydrogen-bond acceptors (Lipinski definition) is 4. The van der Waals surface area contributed by atoms with Gasteiger partial charge in [-0.1, -0.05) is 6.07 Å². The number of pyridine rings is 1. The van der Waals surface area contributed by atoms with Crippen LogP contribution in [0.15, 0.2) is 71.9 Å². The van der Waals surface area contributed by atoms with Crippen molar-refractivity contribution < 1.29 is 13.2 Å². The van der Waals surface area contributed by atoms with Crippen LogP contribution < -0.4 is 10.0 Å². The van der Waals surface area contributed by atoms with Crippen LogP contribution in [0.4, 0.5) is 11.4 Å². The van der Waals surface area contributed by atoms with Gasteiger partial charge in [0.1, 0.15) is 0 Å². The first-order valence-electron chi connectivity index (χ1n) is 8.27. The molecule has 0 aliphatic carbocycles. The van der Waals surface area contributed by atoms with E-state index >= 15 is 0 Å². The fourth-order valence-corrected chi connectivity index (χ4v) is 3.57. The van der Waals surface area contributed by atoms with Crippen molar-refractivity contribution in [3.8, 4) is 0 Å². The zero-order valence-corrected chi connectivity index (χ0v) is 15.7. The Morgan fingerprint density at radius 2 is 1.67 bits per heavy atom. The summed E-state index contributed by atoms with van der Waals surface area (Å²) < 4.78 is 27.6. The number of benzene rings is 2. The minimum atomic E-state index is -3.69. The van der Waals surface area contributed by atoms with Crippen LogP contribution in [0.2, 0.25) is 0 Å². The van der Waals surface area contributed by atoms with Crippen molar-refractivity contribution >= 4 is 27.3 Å². The summed E-state index contributed by atoms with van der Waals surface area (Å²) in [6, 6.07) is 14.7. The lowest BCUT2D eigenvalue weighted by molar-refractivity contribution is 0.102. The van der Waals surface area contributed by atoms with Crippen LogP contribution in [0.3, 0.4) is 0 Å². The molecule has 0 saturated carbocycles. The topological polar surface area (TPSA) is 88.2 Å². The van der Waals surface area contributed by atoms with Gasteiger partial charge in [0.15, 0.2) is 0 Å². The number of rotatable bonds is 5. The molecule has 27 heavy (non-hydrogen) atoms. The molecular weight excluding hydrogens is 362 g/mol. The fourth-order valence-electron chi connectivity index (χ4n) is 2.42. The summed E-state index contributed by atoms with van der Waals surface area (Å²) in [6.45, 7) is 3.79. The first kappa shape index (κ1) is 18.6. The third-order valence-corrected chi connectivity index (χ3v) is 5.49. The molecule has 0 saturated heterocycles. The third kappa shape index (κ3) is 4.51. The highest BCUT2D eigenvalue weighted by Crippen LogP contribution is 2.19. The molecule has 3 aromatic rings. The minimum absolute atomic E-state index is 0.198. The number of anilines is 2. The molecule has 0 aliphatic rings. The third-order valence-electron chi connectivity index (χ3n) is 4.11. The fraction of sp³-hybridized carbons (Fsp3) is 0.100. The second-order valence-corrected chi connectivity index (χ2v) is 7.81. The van der Waals surface area contributed by atoms with Gasteiger partial charge in [-0.2, -0.15) is 0 Å². The van der Waals surface area contributed by atoms with Gasteiger partial charge in [-0.05, 0) is 73.5 Å². The summed E-state index contributed by atoms with van der Waals surface area (Å²) in [5, 5.41) is 2.72. The predicted octanol–water partition coefficient (Wildman–Crippen LogP) is 3.75. The van der Waals surface area contributed by atoms with E-state index in [2.05, 4.69) is 15.0 Å². The summed E-state index contributed by atoms with van der Waals surface area (Å²) in [5.41, 5.74) is 3.30. The average molecular weight is 381 g/mol. The highest BCUT2D eigenvalue weighted by Gasteiger charge is 2.15. The number of nitrogens with one attached hydrogen (secondary N) is 2. The Kier molecular flexibility index (Phi) is 5.23. The number of nitrogens with zero attached hydrogens (tertiary/aromatic N) is 1. The Labute approximate surface area is 158 Å². The lowest BCUT2D eigenvalue weighted by Gasteiger charge is -2.10. The van der Waals surface area contributed by atoms with E-state index in [-0.39, 0.29) is 10.8 Å². The van der Waals surface area contributed by atoms with Crippen molar-refractivity contribution in [2.75, 3.05) is 10.0 Å². The number of amides is 1. The van der Waals surface area contributed by atoms with Crippen LogP contribution in [-0.4, -0.2) is 19.3 Å². The quantitative estimate of drug-likeness (QED) is 0.704. The largest absolute Gasteiger partial charge is 0.321 e. The van der Waals surface area contributed by atoms with Gasteiger partial charge in [0.05, 0.1) is 16.8 Å². The number of aromatic nitrogens is 1. The van der Waals surface area contributed by atoms with Gasteiger partial charge < -0.3 is 5.32 Å². The maximum Gasteiger partial charge on any atom is 0.261 e. The van der Waals surface area contributed by atoms with Gasteiger partial charge in [0.25, 0.3) is 15.9 Å². The SMILES string of the molecule is Cc1ccc(S(=O)(=O)Nc2ccc(C(=O)Nc3cccnc3)cc2)cc1C. The van der Waals surface area contributed by atoms with Crippen molar-refractivity contribution in [3.05, 3.63) is 83.7 Å². The summed E-state index contributed by atoms with van der Waals surface area (Å²) in [6.07, 6.45) is 3.16. The van der Waals surface area contributed by atoms with E-state index in [4.69, 9.17) is 0 Å². The molecule has 0 spiro atoms. The molecule has 0 bridgehead atoms. The van der Waals surface area contributed by atoms with Crippen molar-refractivity contribution in [2.45, 2.75) is 18.7 Å². The first-order valence-corrected chi connectivity index (χ1v) is 9.75. The van der Waals surface area contributed by atoms with Crippen LogP contribution in [0.25, 0.3) is 0 Å². The number of sulfonamides is 1. The summed E-state index contributed by atoms with van der Waals surface area (Å²) in [5.74, 6) is -0.299. The molecule has 2 N–H and O–H groups in total. The van der Waals surface area contributed by atoms with Crippen LogP contribution in [0.1, 0.15) is 21.5 Å². The van der Waals surface area contributed by atoms with Crippen LogP contribution in [0.5, 0.6) is 0 Å². The molecular formula is C20H19N3O3S. The van der Waals surface area contributed by atoms with Crippen molar-refractivity contribution in [3.63, 3.8) is 0 Å². The second kappa shape index (κ2) is 7.59. The standard InChI is InChI=1S/C20H19N3O3S/c1-14-5-10-19(12-15(14)2)27(25,26)23-17-8-6-16(7-9-17)20(24)22-18-4-3-11-21-13-18/h3-13,23H,1-2H3,(H,22,24). The molecule has 1 heterocycles. The Bertz CT molecular complexity index is 1060. The van der Waals surface area contributed by atoms with E-state index in [1.54, 1.807) is 67.0 Å². The molecule has 1 amide bonds. The number of aryl methyl sites for hydroxylation is 2. The maximum atomic E-state index is 12.5. The molecule has 0 radical (unpaired) electrons. The molecule has 7 heteroatoms. The van der Waals surface area contributed by atoms with Crippen molar-refractivity contribution in [2.24, 2.45) is 0 Å². The maximum absolute atomic E-state index is 12.5. The highest BCUT2D eigenvalue weighted by molar-refractivity contribution is 7.92. The summed E-state index contributed by atoms with van der Waals surface area (Å²) in [7, 11) is -3.69. The number of carbonyl (C=O) groups excluding carboxylic acids is 1. The molecule has 0 unspecified atom stereocenters. The predicted molar refractivity (Wildman–Crippen MR) is 105 cm³/mol. The van der Waals surface area contributed by atoms with Gasteiger partial charge in [-0.15, -0.1) is 0 Å². The smallest absolute Gasteiger partial charge is 0.261 e. The lowest BCUT2D eigenvalue weighted by atomic mass is 10.1. The van der Waals surface area contributed by atoms with Crippen LogP contribution in [0, 0.1) is 13.8 Å². The van der Waals surface area contributed by atoms with Gasteiger partial charge in [-0.25, -0.2) is 8.42 Å². The van der Waals surface area contributed by atoms with E-state index < -0.39 is 10.0 Å². The molecule has 0 aliphatic heterocycles. The Morgan fingerprint density at radius 3 is 2.30 bits per heavy atom. The van der Waals surface area contributed by atoms with E-state index in [9.17, 15) is 13.2 Å². The van der Waals surface area contributed by atoms with Gasteiger partial charge in [-0.3, -0.25) is 14.5 Å². The molecule has 138 valence electrons. The second-order valence-electron chi connectivity index (χ2n) is 6.12. The van der Waals surface area contributed by atoms with Crippen molar-refractivity contribution in [1.82, 2.24) is 4.98 Å². The molecule has 1 aromatic heterocycles. The highest BCUT2D eigenvalue weighted by atomic mass is 32.2. The molecule has 6 nitrogen and oxygen atoms in total. The monoisotopic (exact) mass is 381 g/mol. The molecule has 0 atom stereocenters. The van der Waals surface area contributed by atoms with E-state index in [0.29, 0.717) is 16.9 Å². The Morgan fingerprint density at radius 1 is 0.926 bits per heavy atom. The van der Waals surface area contributed by atoms with E-state index in [1.807, 2.05) is 13.8 Å². The zero-order chi connectivity index (χ0) is 19.4. The van der Waals surface area contributed by atoms with Gasteiger partial charge in [0, 0.05) is 17.4 Å². The molecule has 0 fully saturated rings. The first-order chi connectivity index (χ1) is 12.8. The molecule has 3 rings (SSSR count). The van der Waals surface area contributed by atoms with E-state index in [1.165, 1.54) is 0 Å². The summed E-state index contributed by atoms with van der Waals surface area (Å²) >= 11 is 0. The summed E-state index contributed by atoms with van der Waals surface area (Å²) in [4.78, 5) is 16.4. The van der Waals surface area contributed by atoms with Crippen molar-refractivity contribution in [1.29, 1.82) is 0 Å². The lowest BCUT2D eigenvalue weighted by Crippen LogP contribution is -2.14. The molecule has 2 aromatic carbocycles. The Hall–Kier alpha value is -3.19. The number of carbonyl (C=O) groups is 1. The average Bonchev–Trinajstić information content (AvgIpc) is 2.65. The Balaban J connectivity index is 1.73. The van der Waals surface area contributed by atoms with E-state index in [0.717, 1.165) is 11.1 Å². The minimum Gasteiger partial charge on any atom is -0.321 e.